The molecule has 0 spiro atoms. The Morgan fingerprint density at radius 3 is 2.41 bits per heavy atom. The van der Waals surface area contributed by atoms with Gasteiger partial charge in [0.15, 0.2) is 0 Å². The average molecular weight is 258 g/mol. The number of ether oxygens (including phenoxy) is 1. The quantitative estimate of drug-likeness (QED) is 0.875. The van der Waals surface area contributed by atoms with Gasteiger partial charge in [0.05, 0.1) is 18.2 Å². The summed E-state index contributed by atoms with van der Waals surface area (Å²) in [5.74, 6) is 0.498. The van der Waals surface area contributed by atoms with Crippen LogP contribution >= 0.6 is 11.6 Å². The zero-order valence-electron chi connectivity index (χ0n) is 10.7. The van der Waals surface area contributed by atoms with Crippen LogP contribution in [0.2, 0.25) is 5.02 Å². The molecule has 1 atom stereocenters. The number of halogens is 1. The first-order chi connectivity index (χ1) is 7.81. The molecular formula is C13H20ClNO2. The minimum absolute atomic E-state index is 0.0427. The van der Waals surface area contributed by atoms with Crippen molar-refractivity contribution in [3.8, 4) is 5.75 Å². The summed E-state index contributed by atoms with van der Waals surface area (Å²) in [4.78, 5) is 0. The molecule has 0 heterocycles. The van der Waals surface area contributed by atoms with E-state index in [-0.39, 0.29) is 12.0 Å². The lowest BCUT2D eigenvalue weighted by molar-refractivity contribution is 0.182. The van der Waals surface area contributed by atoms with Crippen LogP contribution in [0.3, 0.4) is 0 Å². The highest BCUT2D eigenvalue weighted by molar-refractivity contribution is 6.32. The summed E-state index contributed by atoms with van der Waals surface area (Å²) in [7, 11) is 1.53. The SMILES string of the molecule is COc1c(Cl)cc(C(C)(C)C)cc1C(O)CN. The number of methoxy groups -OCH3 is 1. The molecule has 1 unspecified atom stereocenters. The van der Waals surface area contributed by atoms with Crippen molar-refractivity contribution in [1.82, 2.24) is 0 Å². The second-order valence-electron chi connectivity index (χ2n) is 5.08. The highest BCUT2D eigenvalue weighted by Crippen LogP contribution is 2.37. The van der Waals surface area contributed by atoms with E-state index in [1.54, 1.807) is 0 Å². The summed E-state index contributed by atoms with van der Waals surface area (Å²) in [5, 5.41) is 10.4. The van der Waals surface area contributed by atoms with E-state index in [4.69, 9.17) is 22.1 Å². The van der Waals surface area contributed by atoms with Crippen LogP contribution in [0.1, 0.15) is 38.0 Å². The molecule has 4 heteroatoms. The normalized spacial score (nSPS) is 13.6. The standard InChI is InChI=1S/C13H20ClNO2/c1-13(2,3)8-5-9(11(16)7-15)12(17-4)10(14)6-8/h5-6,11,16H,7,15H2,1-4H3. The molecule has 0 aliphatic heterocycles. The molecule has 0 radical (unpaired) electrons. The lowest BCUT2D eigenvalue weighted by atomic mass is 9.85. The van der Waals surface area contributed by atoms with Gasteiger partial charge in [-0.3, -0.25) is 0 Å². The van der Waals surface area contributed by atoms with E-state index in [2.05, 4.69) is 20.8 Å². The number of hydrogen-bond acceptors (Lipinski definition) is 3. The fourth-order valence-electron chi connectivity index (χ4n) is 1.64. The molecule has 17 heavy (non-hydrogen) atoms. The van der Waals surface area contributed by atoms with Crippen LogP contribution in [0.5, 0.6) is 5.75 Å². The van der Waals surface area contributed by atoms with Crippen molar-refractivity contribution >= 4 is 11.6 Å². The van der Waals surface area contributed by atoms with Gasteiger partial charge in [-0.25, -0.2) is 0 Å². The molecule has 0 aromatic heterocycles. The van der Waals surface area contributed by atoms with Crippen LogP contribution < -0.4 is 10.5 Å². The van der Waals surface area contributed by atoms with E-state index in [1.807, 2.05) is 12.1 Å². The molecule has 0 aliphatic carbocycles. The van der Waals surface area contributed by atoms with Gasteiger partial charge in [-0.2, -0.15) is 0 Å². The average Bonchev–Trinajstić information content (AvgIpc) is 2.25. The topological polar surface area (TPSA) is 55.5 Å². The Hall–Kier alpha value is -0.770. The molecule has 1 rings (SSSR count). The number of aliphatic hydroxyl groups excluding tert-OH is 1. The van der Waals surface area contributed by atoms with E-state index in [0.29, 0.717) is 16.3 Å². The highest BCUT2D eigenvalue weighted by Gasteiger charge is 2.21. The Kier molecular flexibility index (Phi) is 4.42. The first-order valence-corrected chi connectivity index (χ1v) is 5.95. The first-order valence-electron chi connectivity index (χ1n) is 5.57. The Morgan fingerprint density at radius 1 is 1.41 bits per heavy atom. The lowest BCUT2D eigenvalue weighted by Crippen LogP contribution is -2.16. The zero-order valence-corrected chi connectivity index (χ0v) is 11.5. The van der Waals surface area contributed by atoms with Crippen molar-refractivity contribution in [3.63, 3.8) is 0 Å². The van der Waals surface area contributed by atoms with Crippen molar-refractivity contribution in [2.45, 2.75) is 32.3 Å². The predicted molar refractivity (Wildman–Crippen MR) is 70.7 cm³/mol. The maximum atomic E-state index is 9.89. The number of rotatable bonds is 3. The van der Waals surface area contributed by atoms with Gasteiger partial charge < -0.3 is 15.6 Å². The maximum Gasteiger partial charge on any atom is 0.143 e. The van der Waals surface area contributed by atoms with Crippen LogP contribution in [-0.2, 0) is 5.41 Å². The maximum absolute atomic E-state index is 9.89. The Bertz CT molecular complexity index is 399. The Morgan fingerprint density at radius 2 is 2.00 bits per heavy atom. The summed E-state index contributed by atoms with van der Waals surface area (Å²) >= 11 is 6.16. The predicted octanol–water partition coefficient (Wildman–Crippen LogP) is 2.64. The third-order valence-corrected chi connectivity index (χ3v) is 3.01. The molecule has 96 valence electrons. The van der Waals surface area contributed by atoms with Crippen LogP contribution in [0.25, 0.3) is 0 Å². The van der Waals surface area contributed by atoms with Crippen molar-refractivity contribution in [3.05, 3.63) is 28.3 Å². The minimum Gasteiger partial charge on any atom is -0.495 e. The molecule has 3 N–H and O–H groups in total. The van der Waals surface area contributed by atoms with Crippen LogP contribution in [0.4, 0.5) is 0 Å². The van der Waals surface area contributed by atoms with Gasteiger partial charge in [0.25, 0.3) is 0 Å². The number of nitrogens with two attached hydrogens (primary N) is 1. The molecule has 0 aliphatic rings. The van der Waals surface area contributed by atoms with E-state index in [1.165, 1.54) is 7.11 Å². The van der Waals surface area contributed by atoms with Crippen LogP contribution in [0.15, 0.2) is 12.1 Å². The van der Waals surface area contributed by atoms with Crippen molar-refractivity contribution in [2.75, 3.05) is 13.7 Å². The van der Waals surface area contributed by atoms with E-state index < -0.39 is 6.10 Å². The molecule has 1 aromatic rings. The monoisotopic (exact) mass is 257 g/mol. The van der Waals surface area contributed by atoms with Gasteiger partial charge in [-0.1, -0.05) is 32.4 Å². The second kappa shape index (κ2) is 5.25. The molecule has 0 amide bonds. The summed E-state index contributed by atoms with van der Waals surface area (Å²) in [6.45, 7) is 6.40. The van der Waals surface area contributed by atoms with Gasteiger partial charge in [-0.15, -0.1) is 0 Å². The Labute approximate surface area is 108 Å². The summed E-state index contributed by atoms with van der Waals surface area (Å²) in [6, 6.07) is 3.77. The molecule has 0 saturated heterocycles. The van der Waals surface area contributed by atoms with Gasteiger partial charge in [-0.05, 0) is 23.1 Å². The van der Waals surface area contributed by atoms with Crippen molar-refractivity contribution < 1.29 is 9.84 Å². The smallest absolute Gasteiger partial charge is 0.143 e. The molecule has 3 nitrogen and oxygen atoms in total. The molecule has 1 aromatic carbocycles. The summed E-state index contributed by atoms with van der Waals surface area (Å²) in [6.07, 6.45) is -0.759. The lowest BCUT2D eigenvalue weighted by Gasteiger charge is -2.23. The molecular weight excluding hydrogens is 238 g/mol. The molecule has 0 bridgehead atoms. The van der Waals surface area contributed by atoms with E-state index in [0.717, 1.165) is 5.56 Å². The summed E-state index contributed by atoms with van der Waals surface area (Å²) in [5.41, 5.74) is 7.14. The van der Waals surface area contributed by atoms with Crippen LogP contribution in [-0.4, -0.2) is 18.8 Å². The number of hydrogen-bond donors (Lipinski definition) is 2. The largest absolute Gasteiger partial charge is 0.495 e. The van der Waals surface area contributed by atoms with Gasteiger partial charge >= 0.3 is 0 Å². The van der Waals surface area contributed by atoms with Crippen molar-refractivity contribution in [1.29, 1.82) is 0 Å². The third kappa shape index (κ3) is 3.12. The van der Waals surface area contributed by atoms with Crippen LogP contribution in [0, 0.1) is 0 Å². The second-order valence-corrected chi connectivity index (χ2v) is 5.49. The number of benzene rings is 1. The highest BCUT2D eigenvalue weighted by atomic mass is 35.5. The molecule has 0 fully saturated rings. The fraction of sp³-hybridized carbons (Fsp3) is 0.538. The van der Waals surface area contributed by atoms with E-state index in [9.17, 15) is 5.11 Å². The first kappa shape index (κ1) is 14.3. The fourth-order valence-corrected chi connectivity index (χ4v) is 1.94. The van der Waals surface area contributed by atoms with Gasteiger partial charge in [0.2, 0.25) is 0 Å². The van der Waals surface area contributed by atoms with Gasteiger partial charge in [0.1, 0.15) is 5.75 Å². The summed E-state index contributed by atoms with van der Waals surface area (Å²) < 4.78 is 5.22. The van der Waals surface area contributed by atoms with Gasteiger partial charge in [0, 0.05) is 12.1 Å². The number of aliphatic hydroxyl groups is 1. The molecule has 0 saturated carbocycles. The zero-order chi connectivity index (χ0) is 13.2. The Balaban J connectivity index is 3.39. The van der Waals surface area contributed by atoms with Crippen molar-refractivity contribution in [2.24, 2.45) is 5.73 Å². The minimum atomic E-state index is -0.759. The third-order valence-electron chi connectivity index (χ3n) is 2.72. The van der Waals surface area contributed by atoms with E-state index >= 15 is 0 Å².